The summed E-state index contributed by atoms with van der Waals surface area (Å²) in [5.41, 5.74) is 6.93. The number of rotatable bonds is 5. The van der Waals surface area contributed by atoms with Crippen LogP contribution in [0, 0.1) is 5.82 Å². The van der Waals surface area contributed by atoms with Crippen molar-refractivity contribution in [2.45, 2.75) is 17.4 Å². The molecule has 30 heavy (non-hydrogen) atoms. The molecule has 0 saturated carbocycles. The third-order valence-electron chi connectivity index (χ3n) is 4.82. The van der Waals surface area contributed by atoms with Crippen LogP contribution in [0.2, 0.25) is 0 Å². The van der Waals surface area contributed by atoms with Gasteiger partial charge in [0.05, 0.1) is 6.04 Å². The van der Waals surface area contributed by atoms with Gasteiger partial charge < -0.3 is 15.8 Å². The Morgan fingerprint density at radius 2 is 1.60 bits per heavy atom. The maximum absolute atomic E-state index is 14.0. The molecule has 0 radical (unpaired) electrons. The fourth-order valence-corrected chi connectivity index (χ4v) is 4.42. The smallest absolute Gasteiger partial charge is 0.251 e. The van der Waals surface area contributed by atoms with E-state index in [0.29, 0.717) is 27.5 Å². The molecule has 3 aromatic carbocycles. The molecule has 1 aliphatic rings. The van der Waals surface area contributed by atoms with Crippen molar-refractivity contribution in [3.8, 4) is 11.5 Å². The zero-order valence-electron chi connectivity index (χ0n) is 15.9. The summed E-state index contributed by atoms with van der Waals surface area (Å²) in [5.74, 6) is 0.885. The molecule has 1 atom stereocenters. The summed E-state index contributed by atoms with van der Waals surface area (Å²) >= 11 is 1.48. The number of carbonyl (C=O) groups excluding carboxylic acids is 2. The van der Waals surface area contributed by atoms with Gasteiger partial charge in [0, 0.05) is 21.8 Å². The van der Waals surface area contributed by atoms with Gasteiger partial charge in [0.25, 0.3) is 5.91 Å². The highest BCUT2D eigenvalue weighted by Crippen LogP contribution is 2.37. The number of benzene rings is 3. The third kappa shape index (κ3) is 4.31. The molecule has 1 aliphatic heterocycles. The number of carbonyl (C=O) groups is 2. The molecule has 1 heterocycles. The largest absolute Gasteiger partial charge is 0.457 e. The molecule has 2 amide bonds. The molecule has 0 aromatic heterocycles. The summed E-state index contributed by atoms with van der Waals surface area (Å²) in [4.78, 5) is 24.4. The Morgan fingerprint density at radius 3 is 2.23 bits per heavy atom. The second-order valence-electron chi connectivity index (χ2n) is 6.84. The number of nitrogens with two attached hydrogens (primary N) is 1. The molecule has 0 aliphatic carbocycles. The van der Waals surface area contributed by atoms with Gasteiger partial charge in [-0.3, -0.25) is 9.59 Å². The SMILES string of the molecule is NC(=O)c1ccc(Oc2ccc(C(=O)NC3CCSc4c(F)cccc43)cc2)cc1. The topological polar surface area (TPSA) is 81.4 Å². The van der Waals surface area contributed by atoms with Gasteiger partial charge in [-0.15, -0.1) is 11.8 Å². The highest BCUT2D eigenvalue weighted by atomic mass is 32.2. The van der Waals surface area contributed by atoms with Crippen molar-refractivity contribution in [2.75, 3.05) is 5.75 Å². The first-order valence-corrected chi connectivity index (χ1v) is 10.4. The average Bonchev–Trinajstić information content (AvgIpc) is 2.75. The standard InChI is InChI=1S/C23H19FN2O3S/c24-19-3-1-2-18-20(12-13-30-21(18)19)26-23(28)15-6-10-17(11-7-15)29-16-8-4-14(5-9-16)22(25)27/h1-11,20H,12-13H2,(H2,25,27)(H,26,28). The van der Waals surface area contributed by atoms with Crippen LogP contribution in [-0.2, 0) is 0 Å². The number of halogens is 1. The number of amides is 2. The van der Waals surface area contributed by atoms with E-state index in [2.05, 4.69) is 5.32 Å². The summed E-state index contributed by atoms with van der Waals surface area (Å²) in [6.07, 6.45) is 0.745. The predicted molar refractivity (Wildman–Crippen MR) is 113 cm³/mol. The van der Waals surface area contributed by atoms with E-state index in [0.717, 1.165) is 17.7 Å². The number of nitrogens with one attached hydrogen (secondary N) is 1. The van der Waals surface area contributed by atoms with E-state index in [1.807, 2.05) is 6.07 Å². The lowest BCUT2D eigenvalue weighted by atomic mass is 10.0. The van der Waals surface area contributed by atoms with Crippen molar-refractivity contribution >= 4 is 23.6 Å². The number of hydrogen-bond donors (Lipinski definition) is 2. The van der Waals surface area contributed by atoms with Gasteiger partial charge in [0.1, 0.15) is 17.3 Å². The first kappa shape index (κ1) is 20.0. The molecule has 4 rings (SSSR count). The lowest BCUT2D eigenvalue weighted by Crippen LogP contribution is -2.30. The summed E-state index contributed by atoms with van der Waals surface area (Å²) in [5, 5.41) is 3.00. The maximum atomic E-state index is 14.0. The molecule has 5 nitrogen and oxygen atoms in total. The van der Waals surface area contributed by atoms with Crippen LogP contribution >= 0.6 is 11.8 Å². The average molecular weight is 422 g/mol. The second-order valence-corrected chi connectivity index (χ2v) is 7.94. The van der Waals surface area contributed by atoms with Crippen LogP contribution in [0.4, 0.5) is 4.39 Å². The summed E-state index contributed by atoms with van der Waals surface area (Å²) in [7, 11) is 0. The highest BCUT2D eigenvalue weighted by molar-refractivity contribution is 7.99. The van der Waals surface area contributed by atoms with E-state index in [-0.39, 0.29) is 17.8 Å². The summed E-state index contributed by atoms with van der Waals surface area (Å²) in [6.45, 7) is 0. The molecule has 0 bridgehead atoms. The number of ether oxygens (including phenoxy) is 1. The van der Waals surface area contributed by atoms with Crippen molar-refractivity contribution in [3.63, 3.8) is 0 Å². The highest BCUT2D eigenvalue weighted by Gasteiger charge is 2.24. The van der Waals surface area contributed by atoms with Crippen molar-refractivity contribution in [3.05, 3.63) is 89.2 Å². The minimum absolute atomic E-state index is 0.218. The second kappa shape index (κ2) is 8.59. The lowest BCUT2D eigenvalue weighted by Gasteiger charge is -2.26. The first-order valence-electron chi connectivity index (χ1n) is 9.41. The Balaban J connectivity index is 1.43. The molecule has 7 heteroatoms. The van der Waals surface area contributed by atoms with E-state index < -0.39 is 5.91 Å². The van der Waals surface area contributed by atoms with Crippen LogP contribution in [0.5, 0.6) is 11.5 Å². The molecule has 1 unspecified atom stereocenters. The zero-order valence-corrected chi connectivity index (χ0v) is 16.7. The van der Waals surface area contributed by atoms with Crippen molar-refractivity contribution in [1.82, 2.24) is 5.32 Å². The number of hydrogen-bond acceptors (Lipinski definition) is 4. The normalized spacial score (nSPS) is 15.2. The van der Waals surface area contributed by atoms with Crippen molar-refractivity contribution in [1.29, 1.82) is 0 Å². The Labute approximate surface area is 177 Å². The van der Waals surface area contributed by atoms with Gasteiger partial charge in [-0.2, -0.15) is 0 Å². The Morgan fingerprint density at radius 1 is 0.967 bits per heavy atom. The summed E-state index contributed by atoms with van der Waals surface area (Å²) in [6, 6.07) is 18.0. The fourth-order valence-electron chi connectivity index (χ4n) is 3.28. The lowest BCUT2D eigenvalue weighted by molar-refractivity contribution is 0.0933. The van der Waals surface area contributed by atoms with Crippen LogP contribution in [0.1, 0.15) is 38.7 Å². The monoisotopic (exact) mass is 422 g/mol. The molecule has 0 saturated heterocycles. The molecule has 0 fully saturated rings. The molecule has 0 spiro atoms. The quantitative estimate of drug-likeness (QED) is 0.625. The van der Waals surface area contributed by atoms with E-state index in [1.165, 1.54) is 17.8 Å². The van der Waals surface area contributed by atoms with E-state index in [9.17, 15) is 14.0 Å². The molecular formula is C23H19FN2O3S. The van der Waals surface area contributed by atoms with Crippen molar-refractivity contribution < 1.29 is 18.7 Å². The minimum atomic E-state index is -0.501. The van der Waals surface area contributed by atoms with Gasteiger partial charge in [0.2, 0.25) is 5.91 Å². The zero-order chi connectivity index (χ0) is 21.1. The van der Waals surface area contributed by atoms with E-state index >= 15 is 0 Å². The molecule has 3 aromatic rings. The van der Waals surface area contributed by atoms with Gasteiger partial charge in [-0.25, -0.2) is 4.39 Å². The van der Waals surface area contributed by atoms with Crippen LogP contribution < -0.4 is 15.8 Å². The van der Waals surface area contributed by atoms with Gasteiger partial charge in [-0.1, -0.05) is 12.1 Å². The summed E-state index contributed by atoms with van der Waals surface area (Å²) < 4.78 is 19.7. The first-order chi connectivity index (χ1) is 14.5. The molecular weight excluding hydrogens is 403 g/mol. The third-order valence-corrected chi connectivity index (χ3v) is 5.98. The number of thioether (sulfide) groups is 1. The Kier molecular flexibility index (Phi) is 5.72. The van der Waals surface area contributed by atoms with E-state index in [1.54, 1.807) is 54.6 Å². The van der Waals surface area contributed by atoms with E-state index in [4.69, 9.17) is 10.5 Å². The number of fused-ring (bicyclic) bond motifs is 1. The van der Waals surface area contributed by atoms with Crippen molar-refractivity contribution in [2.24, 2.45) is 5.73 Å². The fraction of sp³-hybridized carbons (Fsp3) is 0.130. The Bertz CT molecular complexity index is 1080. The maximum Gasteiger partial charge on any atom is 0.251 e. The van der Waals surface area contributed by atoms with Crippen LogP contribution in [-0.4, -0.2) is 17.6 Å². The minimum Gasteiger partial charge on any atom is -0.457 e. The molecule has 3 N–H and O–H groups in total. The van der Waals surface area contributed by atoms with Crippen LogP contribution in [0.25, 0.3) is 0 Å². The van der Waals surface area contributed by atoms with Gasteiger partial charge in [0.15, 0.2) is 0 Å². The predicted octanol–water partition coefficient (Wildman–Crippen LogP) is 4.68. The molecule has 152 valence electrons. The van der Waals surface area contributed by atoms with Crippen LogP contribution in [0.3, 0.4) is 0 Å². The van der Waals surface area contributed by atoms with Crippen LogP contribution in [0.15, 0.2) is 71.6 Å². The Hall–Kier alpha value is -3.32. The van der Waals surface area contributed by atoms with Gasteiger partial charge in [-0.05, 0) is 66.6 Å². The van der Waals surface area contributed by atoms with Gasteiger partial charge >= 0.3 is 0 Å². The number of primary amides is 1.